The van der Waals surface area contributed by atoms with Crippen LogP contribution < -0.4 is 0 Å². The highest BCUT2D eigenvalue weighted by Gasteiger charge is 2.51. The second kappa shape index (κ2) is 9.72. The molecule has 192 valence electrons. The lowest BCUT2D eigenvalue weighted by Gasteiger charge is -2.44. The molecule has 2 saturated carbocycles. The van der Waals surface area contributed by atoms with E-state index in [1.54, 1.807) is 12.1 Å². The minimum atomic E-state index is -3.08. The highest BCUT2D eigenvalue weighted by atomic mass is 19.3. The predicted molar refractivity (Wildman–Crippen MR) is 131 cm³/mol. The lowest BCUT2D eigenvalue weighted by molar-refractivity contribution is -0.168. The van der Waals surface area contributed by atoms with Crippen LogP contribution in [0.25, 0.3) is 11.3 Å². The number of fused-ring (bicyclic) bond motifs is 1. The van der Waals surface area contributed by atoms with Gasteiger partial charge in [-0.1, -0.05) is 30.7 Å². The van der Waals surface area contributed by atoms with Gasteiger partial charge in [-0.2, -0.15) is 0 Å². The zero-order valence-corrected chi connectivity index (χ0v) is 21.3. The van der Waals surface area contributed by atoms with Crippen molar-refractivity contribution in [1.29, 1.82) is 0 Å². The molecule has 2 aromatic rings. The Morgan fingerprint density at radius 1 is 1.23 bits per heavy atom. The molecule has 2 aliphatic rings. The van der Waals surface area contributed by atoms with Gasteiger partial charge in [0.1, 0.15) is 17.1 Å². The fourth-order valence-corrected chi connectivity index (χ4v) is 6.53. The maximum absolute atomic E-state index is 14.4. The van der Waals surface area contributed by atoms with E-state index in [4.69, 9.17) is 0 Å². The van der Waals surface area contributed by atoms with E-state index in [1.165, 1.54) is 31.6 Å². The van der Waals surface area contributed by atoms with Crippen molar-refractivity contribution in [1.82, 2.24) is 15.0 Å². The average Bonchev–Trinajstić information content (AvgIpc) is 3.40. The number of allylic oxidation sites excluding steroid dienone is 2. The van der Waals surface area contributed by atoms with Crippen molar-refractivity contribution < 1.29 is 18.3 Å². The number of rotatable bonds is 8. The first-order valence-electron chi connectivity index (χ1n) is 12.9. The largest absolute Gasteiger partial charge is 0.384 e. The van der Waals surface area contributed by atoms with Gasteiger partial charge in [-0.25, -0.2) is 17.9 Å². The quantitative estimate of drug-likeness (QED) is 0.404. The third-order valence-electron chi connectivity index (χ3n) is 8.75. The fourth-order valence-electron chi connectivity index (χ4n) is 6.53. The van der Waals surface area contributed by atoms with E-state index in [1.807, 2.05) is 10.9 Å². The van der Waals surface area contributed by atoms with Gasteiger partial charge in [0.2, 0.25) is 0 Å². The zero-order chi connectivity index (χ0) is 25.4. The zero-order valence-electron chi connectivity index (χ0n) is 21.3. The maximum Gasteiger partial charge on any atom is 0.275 e. The molecule has 0 aliphatic heterocycles. The van der Waals surface area contributed by atoms with Gasteiger partial charge >= 0.3 is 0 Å². The minimum Gasteiger partial charge on any atom is -0.384 e. The SMILES string of the molecule is C[C@H](CCC(F)(F)C(C)(C)O)[C@H]1CC[C@H]2/C(=C/Cn3cc(-c4ccc(F)cc4)nn3)CCC[C@]12C. The first-order chi connectivity index (χ1) is 16.4. The van der Waals surface area contributed by atoms with Crippen LogP contribution in [0.2, 0.25) is 0 Å². The summed E-state index contributed by atoms with van der Waals surface area (Å²) < 4.78 is 43.7. The molecule has 4 atom stereocenters. The van der Waals surface area contributed by atoms with Crippen LogP contribution in [-0.2, 0) is 6.54 Å². The van der Waals surface area contributed by atoms with Crippen LogP contribution >= 0.6 is 0 Å². The molecule has 1 aromatic carbocycles. The molecule has 1 heterocycles. The Morgan fingerprint density at radius 2 is 1.94 bits per heavy atom. The number of halogens is 3. The van der Waals surface area contributed by atoms with E-state index < -0.39 is 11.5 Å². The van der Waals surface area contributed by atoms with E-state index >= 15 is 0 Å². The lowest BCUT2D eigenvalue weighted by atomic mass is 9.60. The maximum atomic E-state index is 14.4. The molecule has 0 saturated heterocycles. The molecule has 0 unspecified atom stereocenters. The van der Waals surface area contributed by atoms with E-state index in [9.17, 15) is 18.3 Å². The first kappa shape index (κ1) is 25.9. The Kier molecular flexibility index (Phi) is 7.20. The number of hydrogen-bond donors (Lipinski definition) is 1. The summed E-state index contributed by atoms with van der Waals surface area (Å²) in [4.78, 5) is 0. The fraction of sp³-hybridized carbons (Fsp3) is 0.643. The Morgan fingerprint density at radius 3 is 2.63 bits per heavy atom. The van der Waals surface area contributed by atoms with E-state index in [0.29, 0.717) is 24.8 Å². The van der Waals surface area contributed by atoms with Crippen molar-refractivity contribution in [2.24, 2.45) is 23.2 Å². The molecule has 35 heavy (non-hydrogen) atoms. The standard InChI is InChI=1S/C28H38F3N3O/c1-19(13-16-28(30,31)26(2,3)35)23-11-12-24-20(6-5-15-27(23,24)4)14-17-34-18-25(32-33-34)21-7-9-22(29)10-8-21/h7-10,14,18-19,23-24,35H,5-6,11-13,15-17H2,1-4H3/b20-14+/t19-,23-,24+,27-/m1/s1. The Bertz CT molecular complexity index is 1040. The van der Waals surface area contributed by atoms with Crippen LogP contribution in [0.1, 0.15) is 72.6 Å². The molecule has 0 amide bonds. The molecule has 2 fully saturated rings. The molecule has 4 rings (SSSR count). The lowest BCUT2D eigenvalue weighted by Crippen LogP contribution is -2.43. The summed E-state index contributed by atoms with van der Waals surface area (Å²) in [5, 5.41) is 18.3. The van der Waals surface area contributed by atoms with Gasteiger partial charge in [-0.15, -0.1) is 5.10 Å². The molecule has 0 bridgehead atoms. The van der Waals surface area contributed by atoms with Crippen LogP contribution in [0, 0.1) is 29.0 Å². The number of aliphatic hydroxyl groups is 1. The highest BCUT2D eigenvalue weighted by molar-refractivity contribution is 5.57. The number of nitrogens with zero attached hydrogens (tertiary/aromatic N) is 3. The Hall–Kier alpha value is -2.15. The summed E-state index contributed by atoms with van der Waals surface area (Å²) in [7, 11) is 0. The molecule has 0 radical (unpaired) electrons. The van der Waals surface area contributed by atoms with Gasteiger partial charge in [0.05, 0.1) is 12.7 Å². The van der Waals surface area contributed by atoms with E-state index in [0.717, 1.165) is 43.4 Å². The third kappa shape index (κ3) is 5.35. The Balaban J connectivity index is 1.42. The molecule has 1 N–H and O–H groups in total. The third-order valence-corrected chi connectivity index (χ3v) is 8.75. The van der Waals surface area contributed by atoms with Crippen molar-refractivity contribution in [3.63, 3.8) is 0 Å². The molecular formula is C28H38F3N3O. The van der Waals surface area contributed by atoms with Gasteiger partial charge in [-0.3, -0.25) is 0 Å². The second-order valence-electron chi connectivity index (χ2n) is 11.5. The topological polar surface area (TPSA) is 50.9 Å². The van der Waals surface area contributed by atoms with Crippen LogP contribution in [-0.4, -0.2) is 31.6 Å². The Labute approximate surface area is 206 Å². The molecule has 4 nitrogen and oxygen atoms in total. The summed E-state index contributed by atoms with van der Waals surface area (Å²) in [5.74, 6) is -2.29. The van der Waals surface area contributed by atoms with Crippen molar-refractivity contribution in [2.75, 3.05) is 0 Å². The van der Waals surface area contributed by atoms with E-state index in [2.05, 4.69) is 30.2 Å². The van der Waals surface area contributed by atoms with Crippen molar-refractivity contribution in [2.45, 2.75) is 90.7 Å². The summed E-state index contributed by atoms with van der Waals surface area (Å²) in [6, 6.07) is 6.24. The predicted octanol–water partition coefficient (Wildman–Crippen LogP) is 7.05. The van der Waals surface area contributed by atoms with Gasteiger partial charge < -0.3 is 5.11 Å². The second-order valence-corrected chi connectivity index (χ2v) is 11.5. The van der Waals surface area contributed by atoms with Gasteiger partial charge in [-0.05, 0) is 99.8 Å². The normalized spacial score (nSPS) is 27.3. The van der Waals surface area contributed by atoms with Crippen LogP contribution in [0.4, 0.5) is 13.2 Å². The first-order valence-corrected chi connectivity index (χ1v) is 12.9. The summed E-state index contributed by atoms with van der Waals surface area (Å²) >= 11 is 0. The molecule has 0 spiro atoms. The molecular weight excluding hydrogens is 451 g/mol. The minimum absolute atomic E-state index is 0.120. The molecule has 2 aliphatic carbocycles. The number of aromatic nitrogens is 3. The van der Waals surface area contributed by atoms with Gasteiger partial charge in [0.15, 0.2) is 0 Å². The van der Waals surface area contributed by atoms with Gasteiger partial charge in [0.25, 0.3) is 5.92 Å². The van der Waals surface area contributed by atoms with Crippen molar-refractivity contribution in [3.05, 3.63) is 47.9 Å². The summed E-state index contributed by atoms with van der Waals surface area (Å²) in [6.07, 6.45) is 9.77. The van der Waals surface area contributed by atoms with Crippen LogP contribution in [0.5, 0.6) is 0 Å². The van der Waals surface area contributed by atoms with Crippen molar-refractivity contribution >= 4 is 0 Å². The number of benzene rings is 1. The monoisotopic (exact) mass is 489 g/mol. The van der Waals surface area contributed by atoms with Crippen molar-refractivity contribution in [3.8, 4) is 11.3 Å². The van der Waals surface area contributed by atoms with E-state index in [-0.39, 0.29) is 23.6 Å². The molecule has 1 aromatic heterocycles. The molecule has 7 heteroatoms. The highest BCUT2D eigenvalue weighted by Crippen LogP contribution is 2.60. The summed E-state index contributed by atoms with van der Waals surface area (Å²) in [5.41, 5.74) is 1.13. The summed E-state index contributed by atoms with van der Waals surface area (Å²) in [6.45, 7) is 7.49. The number of hydrogen-bond acceptors (Lipinski definition) is 3. The smallest absolute Gasteiger partial charge is 0.275 e. The van der Waals surface area contributed by atoms with Crippen LogP contribution in [0.15, 0.2) is 42.1 Å². The van der Waals surface area contributed by atoms with Gasteiger partial charge in [0, 0.05) is 12.0 Å². The number of alkyl halides is 2. The van der Waals surface area contributed by atoms with Crippen LogP contribution in [0.3, 0.4) is 0 Å². The average molecular weight is 490 g/mol.